The third-order valence-electron chi connectivity index (χ3n) is 4.62. The van der Waals surface area contributed by atoms with Gasteiger partial charge in [-0.05, 0) is 43.4 Å². The Morgan fingerprint density at radius 2 is 1.80 bits per heavy atom. The minimum atomic E-state index is 0.134. The molecule has 2 heteroatoms. The van der Waals surface area contributed by atoms with Gasteiger partial charge in [0.1, 0.15) is 0 Å². The zero-order valence-electron chi connectivity index (χ0n) is 13.1. The summed E-state index contributed by atoms with van der Waals surface area (Å²) in [5, 5.41) is 0. The molecule has 1 aliphatic rings. The maximum absolute atomic E-state index is 6.35. The van der Waals surface area contributed by atoms with E-state index in [4.69, 9.17) is 5.73 Å². The van der Waals surface area contributed by atoms with Crippen molar-refractivity contribution < 1.29 is 0 Å². The number of likely N-dealkylation sites (N-methyl/N-ethyl adjacent to an activating group) is 1. The standard InChI is InChI=1S/C18H30N2/c1-3-15-9-11-17(12-10-15)18(19)14-20(2)13-16-7-5-4-6-8-16/h9-12,16,18H,3-8,13-14,19H2,1-2H3. The van der Waals surface area contributed by atoms with Gasteiger partial charge in [-0.25, -0.2) is 0 Å². The van der Waals surface area contributed by atoms with E-state index in [2.05, 4.69) is 43.1 Å². The largest absolute Gasteiger partial charge is 0.323 e. The fourth-order valence-electron chi connectivity index (χ4n) is 3.33. The molecule has 0 spiro atoms. The first-order chi connectivity index (χ1) is 9.69. The van der Waals surface area contributed by atoms with Gasteiger partial charge in [-0.1, -0.05) is 50.5 Å². The van der Waals surface area contributed by atoms with Crippen molar-refractivity contribution in [1.29, 1.82) is 0 Å². The molecule has 112 valence electrons. The Hall–Kier alpha value is -0.860. The quantitative estimate of drug-likeness (QED) is 0.856. The summed E-state index contributed by atoms with van der Waals surface area (Å²) < 4.78 is 0. The first-order valence-corrected chi connectivity index (χ1v) is 8.22. The molecule has 2 nitrogen and oxygen atoms in total. The van der Waals surface area contributed by atoms with Crippen molar-refractivity contribution in [3.05, 3.63) is 35.4 Å². The van der Waals surface area contributed by atoms with Crippen LogP contribution in [0.2, 0.25) is 0 Å². The SMILES string of the molecule is CCc1ccc(C(N)CN(C)CC2CCCCC2)cc1. The van der Waals surface area contributed by atoms with E-state index in [0.29, 0.717) is 0 Å². The van der Waals surface area contributed by atoms with Gasteiger partial charge in [0.05, 0.1) is 0 Å². The summed E-state index contributed by atoms with van der Waals surface area (Å²) in [6.07, 6.45) is 8.18. The zero-order chi connectivity index (χ0) is 14.4. The maximum Gasteiger partial charge on any atom is 0.0424 e. The van der Waals surface area contributed by atoms with Gasteiger partial charge in [0.25, 0.3) is 0 Å². The summed E-state index contributed by atoms with van der Waals surface area (Å²) in [5.74, 6) is 0.892. The van der Waals surface area contributed by atoms with Gasteiger partial charge in [-0.15, -0.1) is 0 Å². The second-order valence-electron chi connectivity index (χ2n) is 6.43. The average Bonchev–Trinajstić information content (AvgIpc) is 2.48. The molecule has 1 saturated carbocycles. The molecule has 0 amide bonds. The fraction of sp³-hybridized carbons (Fsp3) is 0.667. The van der Waals surface area contributed by atoms with Crippen molar-refractivity contribution in [2.24, 2.45) is 11.7 Å². The van der Waals surface area contributed by atoms with Gasteiger partial charge in [-0.3, -0.25) is 0 Å². The van der Waals surface area contributed by atoms with Crippen molar-refractivity contribution in [3.63, 3.8) is 0 Å². The number of benzene rings is 1. The average molecular weight is 274 g/mol. The smallest absolute Gasteiger partial charge is 0.0424 e. The van der Waals surface area contributed by atoms with Crippen molar-refractivity contribution in [1.82, 2.24) is 4.90 Å². The highest BCUT2D eigenvalue weighted by atomic mass is 15.1. The Morgan fingerprint density at radius 3 is 2.40 bits per heavy atom. The summed E-state index contributed by atoms with van der Waals surface area (Å²) >= 11 is 0. The Balaban J connectivity index is 1.81. The number of aryl methyl sites for hydroxylation is 1. The van der Waals surface area contributed by atoms with Gasteiger partial charge in [-0.2, -0.15) is 0 Å². The van der Waals surface area contributed by atoms with Gasteiger partial charge < -0.3 is 10.6 Å². The number of nitrogens with zero attached hydrogens (tertiary/aromatic N) is 1. The van der Waals surface area contributed by atoms with Crippen LogP contribution in [0, 0.1) is 5.92 Å². The topological polar surface area (TPSA) is 29.3 Å². The minimum absolute atomic E-state index is 0.134. The Morgan fingerprint density at radius 1 is 1.15 bits per heavy atom. The van der Waals surface area contributed by atoms with E-state index in [1.165, 1.54) is 49.8 Å². The van der Waals surface area contributed by atoms with Crippen molar-refractivity contribution >= 4 is 0 Å². The van der Waals surface area contributed by atoms with Crippen molar-refractivity contribution in [2.75, 3.05) is 20.1 Å². The van der Waals surface area contributed by atoms with Gasteiger partial charge >= 0.3 is 0 Å². The van der Waals surface area contributed by atoms with Crippen LogP contribution in [0.4, 0.5) is 0 Å². The Kier molecular flexibility index (Phi) is 6.06. The first-order valence-electron chi connectivity index (χ1n) is 8.22. The molecule has 1 aromatic rings. The van der Waals surface area contributed by atoms with Crippen LogP contribution < -0.4 is 5.73 Å². The number of hydrogen-bond acceptors (Lipinski definition) is 2. The second-order valence-corrected chi connectivity index (χ2v) is 6.43. The van der Waals surface area contributed by atoms with E-state index in [1.807, 2.05) is 0 Å². The summed E-state index contributed by atoms with van der Waals surface area (Å²) in [6, 6.07) is 8.93. The van der Waals surface area contributed by atoms with Crippen molar-refractivity contribution in [2.45, 2.75) is 51.5 Å². The highest BCUT2D eigenvalue weighted by Crippen LogP contribution is 2.24. The van der Waals surface area contributed by atoms with E-state index in [-0.39, 0.29) is 6.04 Å². The van der Waals surface area contributed by atoms with E-state index in [0.717, 1.165) is 18.9 Å². The summed E-state index contributed by atoms with van der Waals surface area (Å²) in [6.45, 7) is 4.36. The molecule has 1 unspecified atom stereocenters. The van der Waals surface area contributed by atoms with Crippen LogP contribution >= 0.6 is 0 Å². The molecule has 1 aromatic carbocycles. The third kappa shape index (κ3) is 4.60. The molecular formula is C18H30N2. The van der Waals surface area contributed by atoms with Gasteiger partial charge in [0.2, 0.25) is 0 Å². The maximum atomic E-state index is 6.35. The number of hydrogen-bond donors (Lipinski definition) is 1. The molecule has 0 bridgehead atoms. The molecule has 0 aromatic heterocycles. The lowest BCUT2D eigenvalue weighted by Crippen LogP contribution is -2.33. The molecule has 0 aliphatic heterocycles. The van der Waals surface area contributed by atoms with E-state index >= 15 is 0 Å². The zero-order valence-corrected chi connectivity index (χ0v) is 13.1. The van der Waals surface area contributed by atoms with Gasteiger partial charge in [0.15, 0.2) is 0 Å². The molecule has 1 fully saturated rings. The molecule has 1 aliphatic carbocycles. The Bertz CT molecular complexity index is 379. The van der Waals surface area contributed by atoms with E-state index in [1.54, 1.807) is 0 Å². The molecule has 2 rings (SSSR count). The van der Waals surface area contributed by atoms with Crippen LogP contribution in [0.15, 0.2) is 24.3 Å². The second kappa shape index (κ2) is 7.80. The molecule has 1 atom stereocenters. The fourth-order valence-corrected chi connectivity index (χ4v) is 3.33. The van der Waals surface area contributed by atoms with E-state index < -0.39 is 0 Å². The molecule has 2 N–H and O–H groups in total. The molecule has 0 saturated heterocycles. The van der Waals surface area contributed by atoms with Crippen LogP contribution in [0.3, 0.4) is 0 Å². The number of rotatable bonds is 6. The highest BCUT2D eigenvalue weighted by Gasteiger charge is 2.17. The monoisotopic (exact) mass is 274 g/mol. The predicted octanol–water partition coefficient (Wildman–Crippen LogP) is 3.76. The normalized spacial score (nSPS) is 18.4. The molecule has 0 heterocycles. The van der Waals surface area contributed by atoms with Gasteiger partial charge in [0, 0.05) is 19.1 Å². The summed E-state index contributed by atoms with van der Waals surface area (Å²) in [7, 11) is 2.22. The third-order valence-corrected chi connectivity index (χ3v) is 4.62. The van der Waals surface area contributed by atoms with Crippen LogP contribution in [-0.4, -0.2) is 25.0 Å². The number of nitrogens with two attached hydrogens (primary N) is 1. The lowest BCUT2D eigenvalue weighted by atomic mass is 9.89. The predicted molar refractivity (Wildman–Crippen MR) is 86.8 cm³/mol. The summed E-state index contributed by atoms with van der Waals surface area (Å²) in [4.78, 5) is 2.42. The van der Waals surface area contributed by atoms with Crippen LogP contribution in [0.25, 0.3) is 0 Å². The van der Waals surface area contributed by atoms with Crippen molar-refractivity contribution in [3.8, 4) is 0 Å². The lowest BCUT2D eigenvalue weighted by Gasteiger charge is -2.28. The molecule has 0 radical (unpaired) electrons. The van der Waals surface area contributed by atoms with Crippen LogP contribution in [0.1, 0.15) is 56.2 Å². The molecular weight excluding hydrogens is 244 g/mol. The first kappa shape index (κ1) is 15.5. The molecule has 20 heavy (non-hydrogen) atoms. The van der Waals surface area contributed by atoms with Crippen LogP contribution in [-0.2, 0) is 6.42 Å². The summed E-state index contributed by atoms with van der Waals surface area (Å²) in [5.41, 5.74) is 9.00. The van der Waals surface area contributed by atoms with Crippen LogP contribution in [0.5, 0.6) is 0 Å². The Labute approximate surface area is 124 Å². The lowest BCUT2D eigenvalue weighted by molar-refractivity contribution is 0.224. The van der Waals surface area contributed by atoms with E-state index in [9.17, 15) is 0 Å². The highest BCUT2D eigenvalue weighted by molar-refractivity contribution is 5.25. The minimum Gasteiger partial charge on any atom is -0.323 e.